The topological polar surface area (TPSA) is 92.4 Å². The molecule has 1 saturated heterocycles. The van der Waals surface area contributed by atoms with Gasteiger partial charge in [-0.3, -0.25) is 0 Å². The molecule has 0 aromatic carbocycles. The van der Waals surface area contributed by atoms with Gasteiger partial charge in [-0.05, 0) is 26.4 Å². The molecule has 1 aromatic rings. The number of hydrogen-bond acceptors (Lipinski definition) is 7. The Balaban J connectivity index is 2.10. The normalized spacial score (nSPS) is 21.8. The summed E-state index contributed by atoms with van der Waals surface area (Å²) in [7, 11) is 0.0260. The van der Waals surface area contributed by atoms with E-state index in [9.17, 15) is 8.42 Å². The maximum absolute atomic E-state index is 12.2. The molecule has 1 aromatic heterocycles. The molecule has 1 unspecified atom stereocenters. The number of nitrogens with two attached hydrogens (primary N) is 1. The molecular weight excluding hydrogens is 274 g/mol. The van der Waals surface area contributed by atoms with E-state index in [1.807, 2.05) is 7.05 Å². The van der Waals surface area contributed by atoms with Crippen LogP contribution in [0.25, 0.3) is 0 Å². The minimum Gasteiger partial charge on any atom is -0.374 e. The molecule has 2 N–H and O–H groups in total. The number of nitrogen functional groups attached to an aromatic ring is 1. The number of hydrogen-bond donors (Lipinski definition) is 1. The average molecular weight is 291 g/mol. The third-order valence-electron chi connectivity index (χ3n) is 3.19. The fourth-order valence-electron chi connectivity index (χ4n) is 2.06. The molecular formula is C9H17N5O2S2. The molecule has 0 aliphatic carbocycles. The summed E-state index contributed by atoms with van der Waals surface area (Å²) in [6.45, 7) is 1.49. The Hall–Kier alpha value is -0.770. The van der Waals surface area contributed by atoms with Crippen LogP contribution in [0.3, 0.4) is 0 Å². The van der Waals surface area contributed by atoms with Crippen molar-refractivity contribution in [3.8, 4) is 0 Å². The highest BCUT2D eigenvalue weighted by Crippen LogP contribution is 2.22. The molecule has 18 heavy (non-hydrogen) atoms. The van der Waals surface area contributed by atoms with Crippen LogP contribution in [-0.2, 0) is 10.0 Å². The number of rotatable bonds is 4. The first-order valence-electron chi connectivity index (χ1n) is 5.67. The van der Waals surface area contributed by atoms with E-state index in [1.54, 1.807) is 7.05 Å². The summed E-state index contributed by atoms with van der Waals surface area (Å²) in [5.74, 6) is 0. The van der Waals surface area contributed by atoms with Crippen LogP contribution in [0.1, 0.15) is 12.8 Å². The Bertz CT molecular complexity index is 515. The first kappa shape index (κ1) is 13.7. The Kier molecular flexibility index (Phi) is 3.85. The maximum Gasteiger partial charge on any atom is 0.272 e. The van der Waals surface area contributed by atoms with E-state index in [4.69, 9.17) is 5.73 Å². The van der Waals surface area contributed by atoms with Crippen molar-refractivity contribution in [3.05, 3.63) is 0 Å². The van der Waals surface area contributed by atoms with Gasteiger partial charge in [-0.2, -0.15) is 4.31 Å². The predicted molar refractivity (Wildman–Crippen MR) is 69.8 cm³/mol. The van der Waals surface area contributed by atoms with Crippen molar-refractivity contribution in [2.45, 2.75) is 23.2 Å². The van der Waals surface area contributed by atoms with Crippen molar-refractivity contribution in [3.63, 3.8) is 0 Å². The highest BCUT2D eigenvalue weighted by atomic mass is 32.2. The van der Waals surface area contributed by atoms with E-state index in [-0.39, 0.29) is 15.5 Å². The molecule has 7 nitrogen and oxygen atoms in total. The molecule has 9 heteroatoms. The van der Waals surface area contributed by atoms with E-state index < -0.39 is 10.0 Å². The van der Waals surface area contributed by atoms with Gasteiger partial charge in [-0.1, -0.05) is 11.3 Å². The van der Waals surface area contributed by atoms with E-state index in [0.717, 1.165) is 30.7 Å². The Morgan fingerprint density at radius 1 is 1.56 bits per heavy atom. The van der Waals surface area contributed by atoms with E-state index in [2.05, 4.69) is 15.1 Å². The summed E-state index contributed by atoms with van der Waals surface area (Å²) in [4.78, 5) is 2.18. The van der Waals surface area contributed by atoms with Crippen LogP contribution in [0, 0.1) is 0 Å². The molecule has 0 radical (unpaired) electrons. The molecule has 102 valence electrons. The summed E-state index contributed by atoms with van der Waals surface area (Å²) >= 11 is 0.894. The summed E-state index contributed by atoms with van der Waals surface area (Å²) in [6.07, 6.45) is 2.13. The standard InChI is InChI=1S/C9H17N5O2S2/c1-13-5-3-4-7(13)6-14(2)18(15,16)9-12-11-8(10)17-9/h7H,3-6H2,1-2H3,(H2,10,11). The lowest BCUT2D eigenvalue weighted by Gasteiger charge is -2.24. The number of likely N-dealkylation sites (tertiary alicyclic amines) is 1. The molecule has 0 saturated carbocycles. The molecule has 0 spiro atoms. The molecule has 0 amide bonds. The van der Waals surface area contributed by atoms with Crippen LogP contribution in [0.5, 0.6) is 0 Å². The number of aromatic nitrogens is 2. The van der Waals surface area contributed by atoms with Gasteiger partial charge in [0.25, 0.3) is 10.0 Å². The van der Waals surface area contributed by atoms with Gasteiger partial charge in [0.2, 0.25) is 9.47 Å². The summed E-state index contributed by atoms with van der Waals surface area (Å²) in [5, 5.41) is 7.31. The molecule has 1 atom stereocenters. The van der Waals surface area contributed by atoms with E-state index in [1.165, 1.54) is 4.31 Å². The highest BCUT2D eigenvalue weighted by Gasteiger charge is 2.30. The number of sulfonamides is 1. The van der Waals surface area contributed by atoms with Crippen molar-refractivity contribution < 1.29 is 8.42 Å². The zero-order valence-electron chi connectivity index (χ0n) is 10.4. The van der Waals surface area contributed by atoms with Crippen LogP contribution in [0.4, 0.5) is 5.13 Å². The van der Waals surface area contributed by atoms with Gasteiger partial charge >= 0.3 is 0 Å². The van der Waals surface area contributed by atoms with Crippen molar-refractivity contribution in [1.29, 1.82) is 0 Å². The van der Waals surface area contributed by atoms with Gasteiger partial charge in [-0.25, -0.2) is 8.42 Å². The molecule has 2 rings (SSSR count). The predicted octanol–water partition coefficient (Wildman–Crippen LogP) is -0.165. The fraction of sp³-hybridized carbons (Fsp3) is 0.778. The highest BCUT2D eigenvalue weighted by molar-refractivity contribution is 7.91. The van der Waals surface area contributed by atoms with E-state index >= 15 is 0 Å². The third-order valence-corrected chi connectivity index (χ3v) is 6.11. The Morgan fingerprint density at radius 3 is 2.78 bits per heavy atom. The fourth-order valence-corrected chi connectivity index (χ4v) is 4.24. The smallest absolute Gasteiger partial charge is 0.272 e. The average Bonchev–Trinajstić information content (AvgIpc) is 2.89. The van der Waals surface area contributed by atoms with Gasteiger partial charge in [-0.15, -0.1) is 10.2 Å². The largest absolute Gasteiger partial charge is 0.374 e. The van der Waals surface area contributed by atoms with Gasteiger partial charge < -0.3 is 10.6 Å². The summed E-state index contributed by atoms with van der Waals surface area (Å²) in [6, 6.07) is 0.273. The monoisotopic (exact) mass is 291 g/mol. The third kappa shape index (κ3) is 2.63. The second kappa shape index (κ2) is 5.08. The Morgan fingerprint density at radius 2 is 2.28 bits per heavy atom. The van der Waals surface area contributed by atoms with Gasteiger partial charge in [0.05, 0.1) is 0 Å². The maximum atomic E-state index is 12.2. The first-order chi connectivity index (χ1) is 8.41. The second-order valence-electron chi connectivity index (χ2n) is 4.47. The zero-order chi connectivity index (χ0) is 13.3. The summed E-state index contributed by atoms with van der Waals surface area (Å²) in [5.41, 5.74) is 5.41. The SMILES string of the molecule is CN1CCCC1CN(C)S(=O)(=O)c1nnc(N)s1. The van der Waals surface area contributed by atoms with Crippen LogP contribution < -0.4 is 5.73 Å². The lowest BCUT2D eigenvalue weighted by molar-refractivity contribution is 0.271. The number of anilines is 1. The Labute approximate surface area is 111 Å². The second-order valence-corrected chi connectivity index (χ2v) is 7.70. The van der Waals surface area contributed by atoms with Crippen molar-refractivity contribution in [1.82, 2.24) is 19.4 Å². The van der Waals surface area contributed by atoms with Crippen LogP contribution in [0.15, 0.2) is 4.34 Å². The quantitative estimate of drug-likeness (QED) is 0.828. The minimum absolute atomic E-state index is 0.0387. The first-order valence-corrected chi connectivity index (χ1v) is 7.92. The lowest BCUT2D eigenvalue weighted by atomic mass is 10.2. The molecule has 1 aliphatic heterocycles. The van der Waals surface area contributed by atoms with Crippen LogP contribution in [-0.4, -0.2) is 61.0 Å². The van der Waals surface area contributed by atoms with Crippen molar-refractivity contribution in [2.75, 3.05) is 32.9 Å². The summed E-state index contributed by atoms with van der Waals surface area (Å²) < 4.78 is 25.7. The van der Waals surface area contributed by atoms with Crippen LogP contribution in [0.2, 0.25) is 0 Å². The minimum atomic E-state index is -3.56. The number of nitrogens with zero attached hydrogens (tertiary/aromatic N) is 4. The van der Waals surface area contributed by atoms with Gasteiger partial charge in [0.15, 0.2) is 0 Å². The molecule has 2 heterocycles. The zero-order valence-corrected chi connectivity index (χ0v) is 12.0. The number of likely N-dealkylation sites (N-methyl/N-ethyl adjacent to an activating group) is 2. The van der Waals surface area contributed by atoms with Crippen molar-refractivity contribution in [2.24, 2.45) is 0 Å². The van der Waals surface area contributed by atoms with E-state index in [0.29, 0.717) is 6.54 Å². The van der Waals surface area contributed by atoms with Crippen LogP contribution >= 0.6 is 11.3 Å². The van der Waals surface area contributed by atoms with Gasteiger partial charge in [0, 0.05) is 19.6 Å². The van der Waals surface area contributed by atoms with Gasteiger partial charge in [0.1, 0.15) is 0 Å². The molecule has 0 bridgehead atoms. The molecule has 1 aliphatic rings. The van der Waals surface area contributed by atoms with Crippen molar-refractivity contribution >= 4 is 26.5 Å². The lowest BCUT2D eigenvalue weighted by Crippen LogP contribution is -2.39. The molecule has 1 fully saturated rings.